The minimum Gasteiger partial charge on any atom is -0.326 e. The van der Waals surface area contributed by atoms with Gasteiger partial charge in [0.05, 0.1) is 6.42 Å². The van der Waals surface area contributed by atoms with Gasteiger partial charge in [-0.1, -0.05) is 22.0 Å². The Labute approximate surface area is 121 Å². The van der Waals surface area contributed by atoms with Gasteiger partial charge in [0, 0.05) is 22.3 Å². The van der Waals surface area contributed by atoms with Crippen molar-refractivity contribution in [1.82, 2.24) is 0 Å². The lowest BCUT2D eigenvalue weighted by atomic mass is 10.3. The van der Waals surface area contributed by atoms with E-state index in [1.54, 1.807) is 0 Å². The largest absolute Gasteiger partial charge is 0.326 e. The van der Waals surface area contributed by atoms with E-state index in [9.17, 15) is 4.79 Å². The summed E-state index contributed by atoms with van der Waals surface area (Å²) in [5.41, 5.74) is 2.03. The summed E-state index contributed by atoms with van der Waals surface area (Å²) < 4.78 is 2.96. The Morgan fingerprint density at radius 3 is 2.68 bits per heavy atom. The van der Waals surface area contributed by atoms with Crippen molar-refractivity contribution in [3.8, 4) is 0 Å². The zero-order valence-electron chi connectivity index (χ0n) is 10.8. The molecule has 0 spiro atoms. The van der Waals surface area contributed by atoms with E-state index in [0.29, 0.717) is 13.0 Å². The van der Waals surface area contributed by atoms with Crippen LogP contribution in [0.1, 0.15) is 12.0 Å². The van der Waals surface area contributed by atoms with Crippen LogP contribution in [0.4, 0.5) is 5.69 Å². The number of aromatic nitrogens is 1. The maximum absolute atomic E-state index is 11.8. The highest BCUT2D eigenvalue weighted by atomic mass is 79.9. The van der Waals surface area contributed by atoms with E-state index in [1.165, 1.54) is 5.56 Å². The van der Waals surface area contributed by atoms with E-state index in [1.807, 2.05) is 60.3 Å². The molecule has 0 atom stereocenters. The Bertz CT molecular complexity index is 567. The molecule has 0 aliphatic carbocycles. The summed E-state index contributed by atoms with van der Waals surface area (Å²) in [5.74, 6) is 0.0196. The molecular formula is C15H16BrN2O+. The molecule has 2 rings (SSSR count). The van der Waals surface area contributed by atoms with Crippen molar-refractivity contribution in [2.24, 2.45) is 0 Å². The second-order valence-electron chi connectivity index (χ2n) is 4.42. The van der Waals surface area contributed by atoms with Crippen molar-refractivity contribution in [1.29, 1.82) is 0 Å². The lowest BCUT2D eigenvalue weighted by Crippen LogP contribution is -2.34. The Kier molecular flexibility index (Phi) is 4.68. The Hall–Kier alpha value is -1.68. The van der Waals surface area contributed by atoms with Crippen LogP contribution in [-0.2, 0) is 11.3 Å². The molecule has 19 heavy (non-hydrogen) atoms. The molecule has 0 aliphatic rings. The molecule has 4 heteroatoms. The van der Waals surface area contributed by atoms with E-state index >= 15 is 0 Å². The molecule has 0 radical (unpaired) electrons. The summed E-state index contributed by atoms with van der Waals surface area (Å²) in [6, 6.07) is 11.7. The monoisotopic (exact) mass is 319 g/mol. The number of amides is 1. The van der Waals surface area contributed by atoms with Gasteiger partial charge in [0.15, 0.2) is 18.9 Å². The van der Waals surface area contributed by atoms with Crippen LogP contribution in [0, 0.1) is 6.92 Å². The third kappa shape index (κ3) is 4.48. The van der Waals surface area contributed by atoms with Crippen molar-refractivity contribution in [3.05, 3.63) is 58.8 Å². The van der Waals surface area contributed by atoms with Crippen molar-refractivity contribution in [2.75, 3.05) is 5.32 Å². The lowest BCUT2D eigenvalue weighted by Gasteiger charge is -2.04. The number of benzene rings is 1. The molecule has 98 valence electrons. The molecule has 2 aromatic rings. The number of nitrogens with zero attached hydrogens (tertiary/aromatic N) is 1. The molecule has 0 saturated heterocycles. The summed E-state index contributed by atoms with van der Waals surface area (Å²) in [7, 11) is 0. The predicted molar refractivity (Wildman–Crippen MR) is 78.8 cm³/mol. The molecule has 1 aromatic heterocycles. The maximum Gasteiger partial charge on any atom is 0.230 e. The van der Waals surface area contributed by atoms with Gasteiger partial charge in [-0.05, 0) is 30.7 Å². The van der Waals surface area contributed by atoms with Crippen LogP contribution in [0.5, 0.6) is 0 Å². The third-order valence-corrected chi connectivity index (χ3v) is 3.26. The number of carbonyl (C=O) groups excluding carboxylic acids is 1. The number of aryl methyl sites for hydroxylation is 2. The van der Waals surface area contributed by atoms with E-state index in [0.717, 1.165) is 10.2 Å². The minimum atomic E-state index is 0.0196. The number of rotatable bonds is 4. The summed E-state index contributed by atoms with van der Waals surface area (Å²) in [4.78, 5) is 11.8. The first-order chi connectivity index (χ1) is 9.13. The van der Waals surface area contributed by atoms with E-state index in [4.69, 9.17) is 0 Å². The first-order valence-corrected chi connectivity index (χ1v) is 6.94. The number of nitrogens with one attached hydrogen (secondary N) is 1. The van der Waals surface area contributed by atoms with Crippen LogP contribution in [0.2, 0.25) is 0 Å². The summed E-state index contributed by atoms with van der Waals surface area (Å²) in [5, 5.41) is 2.88. The zero-order valence-corrected chi connectivity index (χ0v) is 12.4. The SMILES string of the molecule is Cc1cc[n+](CCC(=O)Nc2cccc(Br)c2)cc1. The van der Waals surface area contributed by atoms with E-state index < -0.39 is 0 Å². The van der Waals surface area contributed by atoms with E-state index in [-0.39, 0.29) is 5.91 Å². The van der Waals surface area contributed by atoms with Crippen LogP contribution >= 0.6 is 15.9 Å². The van der Waals surface area contributed by atoms with Gasteiger partial charge in [-0.2, -0.15) is 0 Å². The number of pyridine rings is 1. The summed E-state index contributed by atoms with van der Waals surface area (Å²) in [6.07, 6.45) is 4.43. The maximum atomic E-state index is 11.8. The average molecular weight is 320 g/mol. The molecule has 0 unspecified atom stereocenters. The highest BCUT2D eigenvalue weighted by Gasteiger charge is 2.07. The van der Waals surface area contributed by atoms with Gasteiger partial charge in [0.1, 0.15) is 0 Å². The van der Waals surface area contributed by atoms with Crippen LogP contribution in [0.3, 0.4) is 0 Å². The number of carbonyl (C=O) groups is 1. The van der Waals surface area contributed by atoms with Crippen LogP contribution < -0.4 is 9.88 Å². The highest BCUT2D eigenvalue weighted by molar-refractivity contribution is 9.10. The first kappa shape index (κ1) is 13.7. The van der Waals surface area contributed by atoms with Gasteiger partial charge in [-0.25, -0.2) is 4.57 Å². The summed E-state index contributed by atoms with van der Waals surface area (Å²) in [6.45, 7) is 2.73. The lowest BCUT2D eigenvalue weighted by molar-refractivity contribution is -0.695. The number of hydrogen-bond donors (Lipinski definition) is 1. The van der Waals surface area contributed by atoms with Gasteiger partial charge in [-0.3, -0.25) is 4.79 Å². The molecule has 0 fully saturated rings. The number of halogens is 1. The second-order valence-corrected chi connectivity index (χ2v) is 5.34. The first-order valence-electron chi connectivity index (χ1n) is 6.14. The Morgan fingerprint density at radius 2 is 2.00 bits per heavy atom. The van der Waals surface area contributed by atoms with E-state index in [2.05, 4.69) is 21.2 Å². The predicted octanol–water partition coefficient (Wildman–Crippen LogP) is 3.07. The Morgan fingerprint density at radius 1 is 1.26 bits per heavy atom. The fourth-order valence-electron chi connectivity index (χ4n) is 1.70. The second kappa shape index (κ2) is 6.48. The molecule has 1 heterocycles. The third-order valence-electron chi connectivity index (χ3n) is 2.76. The van der Waals surface area contributed by atoms with Crippen molar-refractivity contribution >= 4 is 27.5 Å². The van der Waals surface area contributed by atoms with Gasteiger partial charge in [0.2, 0.25) is 5.91 Å². The molecule has 1 N–H and O–H groups in total. The molecule has 0 aliphatic heterocycles. The fraction of sp³-hybridized carbons (Fsp3) is 0.200. The molecular weight excluding hydrogens is 304 g/mol. The van der Waals surface area contributed by atoms with Crippen molar-refractivity contribution in [2.45, 2.75) is 19.9 Å². The van der Waals surface area contributed by atoms with Crippen LogP contribution in [0.25, 0.3) is 0 Å². The quantitative estimate of drug-likeness (QED) is 0.863. The highest BCUT2D eigenvalue weighted by Crippen LogP contribution is 2.15. The number of hydrogen-bond acceptors (Lipinski definition) is 1. The van der Waals surface area contributed by atoms with Gasteiger partial charge >= 0.3 is 0 Å². The fourth-order valence-corrected chi connectivity index (χ4v) is 2.10. The summed E-state index contributed by atoms with van der Waals surface area (Å²) >= 11 is 3.38. The molecule has 0 bridgehead atoms. The van der Waals surface area contributed by atoms with Gasteiger partial charge in [-0.15, -0.1) is 0 Å². The molecule has 1 amide bonds. The molecule has 0 saturated carbocycles. The van der Waals surface area contributed by atoms with Gasteiger partial charge < -0.3 is 5.32 Å². The molecule has 1 aromatic carbocycles. The van der Waals surface area contributed by atoms with Crippen molar-refractivity contribution in [3.63, 3.8) is 0 Å². The zero-order chi connectivity index (χ0) is 13.7. The smallest absolute Gasteiger partial charge is 0.230 e. The van der Waals surface area contributed by atoms with Crippen molar-refractivity contribution < 1.29 is 9.36 Å². The topological polar surface area (TPSA) is 33.0 Å². The molecule has 3 nitrogen and oxygen atoms in total. The minimum absolute atomic E-state index is 0.0196. The van der Waals surface area contributed by atoms with Crippen LogP contribution in [-0.4, -0.2) is 5.91 Å². The van der Waals surface area contributed by atoms with Crippen LogP contribution in [0.15, 0.2) is 53.3 Å². The normalized spacial score (nSPS) is 10.2. The Balaban J connectivity index is 1.86. The number of anilines is 1. The van der Waals surface area contributed by atoms with Gasteiger partial charge in [0.25, 0.3) is 0 Å². The average Bonchev–Trinajstić information content (AvgIpc) is 2.38. The standard InChI is InChI=1S/C15H15BrN2O/c1-12-5-8-18(9-6-12)10-7-15(19)17-14-4-2-3-13(16)11-14/h2-6,8-9,11H,7,10H2,1H3/p+1.